The second kappa shape index (κ2) is 8.73. The van der Waals surface area contributed by atoms with Gasteiger partial charge in [0, 0.05) is 24.7 Å². The molecular weight excluding hydrogens is 392 g/mol. The van der Waals surface area contributed by atoms with Crippen LogP contribution in [0.1, 0.15) is 69.1 Å². The summed E-state index contributed by atoms with van der Waals surface area (Å²) in [6.07, 6.45) is 5.19. The van der Waals surface area contributed by atoms with Gasteiger partial charge in [0.15, 0.2) is 5.69 Å². The van der Waals surface area contributed by atoms with Gasteiger partial charge in [0.2, 0.25) is 0 Å². The summed E-state index contributed by atoms with van der Waals surface area (Å²) in [5.74, 6) is 0.622. The molecule has 2 aliphatic rings. The number of nitrogens with zero attached hydrogens (tertiary/aromatic N) is 3. The van der Waals surface area contributed by atoms with Gasteiger partial charge in [0.1, 0.15) is 11.4 Å². The Morgan fingerprint density at radius 1 is 1.06 bits per heavy atom. The van der Waals surface area contributed by atoms with E-state index in [1.54, 1.807) is 4.90 Å². The zero-order valence-electron chi connectivity index (χ0n) is 18.7. The molecule has 1 N–H and O–H groups in total. The molecule has 2 amide bonds. The number of rotatable bonds is 3. The molecule has 0 radical (unpaired) electrons. The molecule has 7 heteroatoms. The van der Waals surface area contributed by atoms with Crippen molar-refractivity contribution in [3.05, 3.63) is 41.7 Å². The van der Waals surface area contributed by atoms with Crippen molar-refractivity contribution in [3.8, 4) is 11.4 Å². The van der Waals surface area contributed by atoms with Crippen LogP contribution in [-0.2, 0) is 17.8 Å². The number of benzene rings is 1. The highest BCUT2D eigenvalue weighted by atomic mass is 16.6. The number of carbonyl (C=O) groups is 2. The Bertz CT molecular complexity index is 940. The summed E-state index contributed by atoms with van der Waals surface area (Å²) < 4.78 is 7.64. The third kappa shape index (κ3) is 4.92. The van der Waals surface area contributed by atoms with Gasteiger partial charge < -0.3 is 19.5 Å². The van der Waals surface area contributed by atoms with Crippen molar-refractivity contribution in [2.24, 2.45) is 0 Å². The van der Waals surface area contributed by atoms with E-state index in [0.29, 0.717) is 25.3 Å². The van der Waals surface area contributed by atoms with Crippen LogP contribution in [0.25, 0.3) is 11.4 Å². The molecule has 1 saturated carbocycles. The molecule has 0 spiro atoms. The van der Waals surface area contributed by atoms with Gasteiger partial charge in [0.05, 0.1) is 12.2 Å². The van der Waals surface area contributed by atoms with Crippen LogP contribution in [0.5, 0.6) is 0 Å². The van der Waals surface area contributed by atoms with E-state index >= 15 is 0 Å². The molecule has 1 fully saturated rings. The minimum absolute atomic E-state index is 0.149. The topological polar surface area (TPSA) is 76.5 Å². The van der Waals surface area contributed by atoms with E-state index in [1.165, 1.54) is 6.42 Å². The number of nitrogens with one attached hydrogen (secondary N) is 1. The molecular formula is C24H32N4O3. The Kier molecular flexibility index (Phi) is 6.03. The fourth-order valence-corrected chi connectivity index (χ4v) is 4.34. The van der Waals surface area contributed by atoms with Crippen LogP contribution in [-0.4, -0.2) is 44.6 Å². The summed E-state index contributed by atoms with van der Waals surface area (Å²) >= 11 is 0. The smallest absolute Gasteiger partial charge is 0.410 e. The highest BCUT2D eigenvalue weighted by molar-refractivity contribution is 5.94. The van der Waals surface area contributed by atoms with Crippen LogP contribution < -0.4 is 5.32 Å². The zero-order chi connectivity index (χ0) is 22.0. The highest BCUT2D eigenvalue weighted by Gasteiger charge is 2.32. The Balaban J connectivity index is 1.64. The molecule has 1 aromatic carbocycles. The maximum atomic E-state index is 13.2. The third-order valence-corrected chi connectivity index (χ3v) is 5.85. The average molecular weight is 425 g/mol. The fraction of sp³-hybridized carbons (Fsp3) is 0.542. The number of aromatic nitrogens is 2. The van der Waals surface area contributed by atoms with Crippen molar-refractivity contribution >= 4 is 12.0 Å². The normalized spacial score (nSPS) is 17.2. The molecule has 1 aromatic heterocycles. The molecule has 0 bridgehead atoms. The van der Waals surface area contributed by atoms with Gasteiger partial charge in [-0.15, -0.1) is 0 Å². The van der Waals surface area contributed by atoms with Gasteiger partial charge in [-0.1, -0.05) is 49.6 Å². The van der Waals surface area contributed by atoms with E-state index in [1.807, 2.05) is 51.1 Å². The minimum Gasteiger partial charge on any atom is -0.444 e. The average Bonchev–Trinajstić information content (AvgIpc) is 3.13. The van der Waals surface area contributed by atoms with E-state index in [9.17, 15) is 9.59 Å². The Hall–Kier alpha value is -2.83. The Morgan fingerprint density at radius 2 is 1.77 bits per heavy atom. The van der Waals surface area contributed by atoms with Crippen LogP contribution in [0.15, 0.2) is 30.3 Å². The van der Waals surface area contributed by atoms with Crippen molar-refractivity contribution in [1.29, 1.82) is 0 Å². The van der Waals surface area contributed by atoms with Crippen LogP contribution in [0.4, 0.5) is 4.79 Å². The third-order valence-electron chi connectivity index (χ3n) is 5.85. The number of hydrogen-bond acceptors (Lipinski definition) is 4. The van der Waals surface area contributed by atoms with E-state index in [-0.39, 0.29) is 18.0 Å². The molecule has 166 valence electrons. The van der Waals surface area contributed by atoms with E-state index in [4.69, 9.17) is 9.72 Å². The summed E-state index contributed by atoms with van der Waals surface area (Å²) in [6, 6.07) is 10.1. The van der Waals surface area contributed by atoms with Gasteiger partial charge in [-0.3, -0.25) is 4.79 Å². The molecule has 0 saturated heterocycles. The lowest BCUT2D eigenvalue weighted by Gasteiger charge is -2.31. The van der Waals surface area contributed by atoms with E-state index in [0.717, 1.165) is 42.8 Å². The van der Waals surface area contributed by atoms with Crippen LogP contribution in [0.3, 0.4) is 0 Å². The molecule has 2 heterocycles. The van der Waals surface area contributed by atoms with Crippen molar-refractivity contribution < 1.29 is 14.3 Å². The van der Waals surface area contributed by atoms with Gasteiger partial charge >= 0.3 is 6.09 Å². The van der Waals surface area contributed by atoms with Crippen molar-refractivity contribution in [2.45, 2.75) is 77.6 Å². The standard InChI is InChI=1S/C24H32N4O3/c1-24(2,3)31-23(30)27-14-15-28-19(16-27)20(22(29)25-18-12-8-5-9-13-18)26-21(28)17-10-6-4-7-11-17/h4,6-7,10-11,18H,5,8-9,12-16H2,1-3H3,(H,25,29). The Morgan fingerprint density at radius 3 is 2.45 bits per heavy atom. The molecule has 2 aromatic rings. The molecule has 31 heavy (non-hydrogen) atoms. The molecule has 0 atom stereocenters. The van der Waals surface area contributed by atoms with Crippen LogP contribution in [0.2, 0.25) is 0 Å². The number of imidazole rings is 1. The first-order valence-corrected chi connectivity index (χ1v) is 11.3. The van der Waals surface area contributed by atoms with Gasteiger partial charge in [-0.2, -0.15) is 0 Å². The maximum absolute atomic E-state index is 13.2. The quantitative estimate of drug-likeness (QED) is 0.794. The number of amides is 2. The summed E-state index contributed by atoms with van der Waals surface area (Å²) in [5, 5.41) is 3.18. The summed E-state index contributed by atoms with van der Waals surface area (Å²) in [7, 11) is 0. The maximum Gasteiger partial charge on any atom is 0.410 e. The van der Waals surface area contributed by atoms with Gasteiger partial charge in [0.25, 0.3) is 5.91 Å². The number of fused-ring (bicyclic) bond motifs is 1. The van der Waals surface area contributed by atoms with Gasteiger partial charge in [-0.25, -0.2) is 9.78 Å². The molecule has 0 unspecified atom stereocenters. The van der Waals surface area contributed by atoms with Crippen molar-refractivity contribution in [3.63, 3.8) is 0 Å². The van der Waals surface area contributed by atoms with Crippen molar-refractivity contribution in [2.75, 3.05) is 6.54 Å². The van der Waals surface area contributed by atoms with E-state index < -0.39 is 5.60 Å². The second-order valence-electron chi connectivity index (χ2n) is 9.46. The summed E-state index contributed by atoms with van der Waals surface area (Å²) in [5.41, 5.74) is 1.58. The summed E-state index contributed by atoms with van der Waals surface area (Å²) in [6.45, 7) is 6.97. The number of hydrogen-bond donors (Lipinski definition) is 1. The first kappa shape index (κ1) is 21.4. The van der Waals surface area contributed by atoms with Crippen LogP contribution in [0, 0.1) is 0 Å². The SMILES string of the molecule is CC(C)(C)OC(=O)N1CCn2c(-c3ccccc3)nc(C(=O)NC3CCCCC3)c2C1. The number of carbonyl (C=O) groups excluding carboxylic acids is 2. The first-order valence-electron chi connectivity index (χ1n) is 11.3. The zero-order valence-corrected chi connectivity index (χ0v) is 18.7. The largest absolute Gasteiger partial charge is 0.444 e. The van der Waals surface area contributed by atoms with Crippen LogP contribution >= 0.6 is 0 Å². The summed E-state index contributed by atoms with van der Waals surface area (Å²) in [4.78, 5) is 32.3. The van der Waals surface area contributed by atoms with E-state index in [2.05, 4.69) is 9.88 Å². The van der Waals surface area contributed by atoms with Crippen molar-refractivity contribution in [1.82, 2.24) is 19.8 Å². The minimum atomic E-state index is -0.564. The van der Waals surface area contributed by atoms with Gasteiger partial charge in [-0.05, 0) is 33.6 Å². The number of ether oxygens (including phenoxy) is 1. The monoisotopic (exact) mass is 424 g/mol. The Labute approximate surface area is 183 Å². The lowest BCUT2D eigenvalue weighted by atomic mass is 9.95. The fourth-order valence-electron chi connectivity index (χ4n) is 4.34. The predicted molar refractivity (Wildman–Crippen MR) is 119 cm³/mol. The molecule has 7 nitrogen and oxygen atoms in total. The predicted octanol–water partition coefficient (Wildman–Crippen LogP) is 4.36. The molecule has 4 rings (SSSR count). The first-order chi connectivity index (χ1) is 14.8. The lowest BCUT2D eigenvalue weighted by Crippen LogP contribution is -2.42. The highest BCUT2D eigenvalue weighted by Crippen LogP contribution is 2.28. The second-order valence-corrected chi connectivity index (χ2v) is 9.46. The lowest BCUT2D eigenvalue weighted by molar-refractivity contribution is 0.0198. The molecule has 1 aliphatic heterocycles. The molecule has 1 aliphatic carbocycles.